The SMILES string of the molecule is CCOC1CC(NC(=NC)NCc2ncnn2C)C12CCCCC2.I. The maximum Gasteiger partial charge on any atom is 0.191 e. The highest BCUT2D eigenvalue weighted by molar-refractivity contribution is 14.0. The summed E-state index contributed by atoms with van der Waals surface area (Å²) in [6.07, 6.45) is 9.54. The van der Waals surface area contributed by atoms with Crippen LogP contribution in [0.4, 0.5) is 0 Å². The lowest BCUT2D eigenvalue weighted by molar-refractivity contribution is -0.145. The summed E-state index contributed by atoms with van der Waals surface area (Å²) in [6.45, 7) is 3.52. The molecule has 1 aromatic heterocycles. The highest BCUT2D eigenvalue weighted by Crippen LogP contribution is 2.53. The Balaban J connectivity index is 0.00000225. The Labute approximate surface area is 167 Å². The summed E-state index contributed by atoms with van der Waals surface area (Å²) in [4.78, 5) is 8.63. The van der Waals surface area contributed by atoms with E-state index in [2.05, 4.69) is 32.6 Å². The van der Waals surface area contributed by atoms with Crippen LogP contribution in [0.25, 0.3) is 0 Å². The summed E-state index contributed by atoms with van der Waals surface area (Å²) < 4.78 is 7.80. The highest BCUT2D eigenvalue weighted by atomic mass is 127. The fourth-order valence-electron chi connectivity index (χ4n) is 4.27. The molecular formula is C17H31IN6O. The fourth-order valence-corrected chi connectivity index (χ4v) is 4.27. The van der Waals surface area contributed by atoms with Gasteiger partial charge in [-0.25, -0.2) is 4.98 Å². The summed E-state index contributed by atoms with van der Waals surface area (Å²) in [7, 11) is 3.72. The molecule has 1 spiro atoms. The number of rotatable bonds is 5. The molecule has 2 fully saturated rings. The molecule has 2 aliphatic carbocycles. The van der Waals surface area contributed by atoms with Crippen LogP contribution in [-0.2, 0) is 18.3 Å². The van der Waals surface area contributed by atoms with E-state index in [1.54, 1.807) is 11.0 Å². The number of halogens is 1. The lowest BCUT2D eigenvalue weighted by Gasteiger charge is -2.57. The van der Waals surface area contributed by atoms with Crippen LogP contribution in [0.5, 0.6) is 0 Å². The molecule has 142 valence electrons. The largest absolute Gasteiger partial charge is 0.378 e. The zero-order chi connectivity index (χ0) is 17.0. The predicted molar refractivity (Wildman–Crippen MR) is 109 cm³/mol. The summed E-state index contributed by atoms with van der Waals surface area (Å²) >= 11 is 0. The quantitative estimate of drug-likeness (QED) is 0.399. The number of aryl methyl sites for hydroxylation is 1. The van der Waals surface area contributed by atoms with Gasteiger partial charge in [0.2, 0.25) is 0 Å². The standard InChI is InChI=1S/C17H30N6O.HI/c1-4-24-14-10-13(17(14)8-6-5-7-9-17)22-16(18-2)19-11-15-20-12-21-23(15)3;/h12-14H,4-11H2,1-3H3,(H2,18,19,22);1H. The predicted octanol–water partition coefficient (Wildman–Crippen LogP) is 2.23. The Bertz CT molecular complexity index is 569. The second-order valence-electron chi connectivity index (χ2n) is 6.90. The van der Waals surface area contributed by atoms with Gasteiger partial charge in [0, 0.05) is 32.2 Å². The molecule has 2 unspecified atom stereocenters. The minimum atomic E-state index is 0. The average molecular weight is 462 g/mol. The summed E-state index contributed by atoms with van der Waals surface area (Å²) in [6, 6.07) is 0.444. The van der Waals surface area contributed by atoms with Gasteiger partial charge in [0.15, 0.2) is 5.96 Å². The Morgan fingerprint density at radius 3 is 2.76 bits per heavy atom. The number of hydrogen-bond acceptors (Lipinski definition) is 4. The highest BCUT2D eigenvalue weighted by Gasteiger charge is 2.55. The molecule has 0 saturated heterocycles. The van der Waals surface area contributed by atoms with Gasteiger partial charge in [-0.1, -0.05) is 19.3 Å². The van der Waals surface area contributed by atoms with Crippen LogP contribution >= 0.6 is 24.0 Å². The molecule has 0 amide bonds. The third-order valence-corrected chi connectivity index (χ3v) is 5.69. The molecule has 7 nitrogen and oxygen atoms in total. The van der Waals surface area contributed by atoms with Gasteiger partial charge in [-0.2, -0.15) is 5.10 Å². The van der Waals surface area contributed by atoms with Crippen LogP contribution in [0.2, 0.25) is 0 Å². The molecule has 25 heavy (non-hydrogen) atoms. The molecule has 0 radical (unpaired) electrons. The number of hydrogen-bond donors (Lipinski definition) is 2. The maximum absolute atomic E-state index is 6.03. The van der Waals surface area contributed by atoms with Gasteiger partial charge in [-0.15, -0.1) is 24.0 Å². The zero-order valence-electron chi connectivity index (χ0n) is 15.5. The van der Waals surface area contributed by atoms with Crippen molar-refractivity contribution in [1.29, 1.82) is 0 Å². The van der Waals surface area contributed by atoms with E-state index < -0.39 is 0 Å². The number of nitrogens with one attached hydrogen (secondary N) is 2. The van der Waals surface area contributed by atoms with Crippen molar-refractivity contribution in [2.45, 2.75) is 64.1 Å². The van der Waals surface area contributed by atoms with Crippen molar-refractivity contribution in [2.24, 2.45) is 17.5 Å². The van der Waals surface area contributed by atoms with Crippen molar-refractivity contribution in [3.05, 3.63) is 12.2 Å². The van der Waals surface area contributed by atoms with E-state index in [0.29, 0.717) is 18.7 Å². The van der Waals surface area contributed by atoms with Gasteiger partial charge in [0.25, 0.3) is 0 Å². The lowest BCUT2D eigenvalue weighted by Crippen LogP contribution is -2.66. The first-order valence-corrected chi connectivity index (χ1v) is 9.11. The van der Waals surface area contributed by atoms with E-state index in [1.165, 1.54) is 32.1 Å². The monoisotopic (exact) mass is 462 g/mol. The minimum absolute atomic E-state index is 0. The zero-order valence-corrected chi connectivity index (χ0v) is 17.8. The van der Waals surface area contributed by atoms with E-state index in [9.17, 15) is 0 Å². The molecule has 2 N–H and O–H groups in total. The van der Waals surface area contributed by atoms with Gasteiger partial charge >= 0.3 is 0 Å². The van der Waals surface area contributed by atoms with Crippen LogP contribution in [0.3, 0.4) is 0 Å². The first-order valence-electron chi connectivity index (χ1n) is 9.11. The average Bonchev–Trinajstić information content (AvgIpc) is 3.02. The molecule has 1 heterocycles. The summed E-state index contributed by atoms with van der Waals surface area (Å²) in [5, 5.41) is 11.1. The van der Waals surface area contributed by atoms with E-state index in [4.69, 9.17) is 4.74 Å². The Hall–Kier alpha value is -0.900. The number of aliphatic imine (C=N–C) groups is 1. The van der Waals surface area contributed by atoms with Crippen LogP contribution in [0.15, 0.2) is 11.3 Å². The van der Waals surface area contributed by atoms with Crippen molar-refractivity contribution < 1.29 is 4.74 Å². The van der Waals surface area contributed by atoms with Gasteiger partial charge in [0.05, 0.1) is 12.6 Å². The molecule has 2 saturated carbocycles. The topological polar surface area (TPSA) is 76.4 Å². The smallest absolute Gasteiger partial charge is 0.191 e. The van der Waals surface area contributed by atoms with Crippen LogP contribution < -0.4 is 10.6 Å². The molecule has 1 aromatic rings. The van der Waals surface area contributed by atoms with Crippen molar-refractivity contribution in [1.82, 2.24) is 25.4 Å². The number of ether oxygens (including phenoxy) is 1. The van der Waals surface area contributed by atoms with Gasteiger partial charge in [-0.05, 0) is 26.2 Å². The number of guanidine groups is 1. The molecule has 0 aromatic carbocycles. The first kappa shape index (κ1) is 20.4. The lowest BCUT2D eigenvalue weighted by atomic mass is 9.55. The van der Waals surface area contributed by atoms with Crippen LogP contribution in [0, 0.1) is 5.41 Å². The first-order chi connectivity index (χ1) is 11.7. The molecule has 2 aliphatic rings. The summed E-state index contributed by atoms with van der Waals surface area (Å²) in [5.74, 6) is 1.73. The molecular weight excluding hydrogens is 431 g/mol. The third-order valence-electron chi connectivity index (χ3n) is 5.69. The molecule has 0 bridgehead atoms. The molecule has 0 aliphatic heterocycles. The maximum atomic E-state index is 6.03. The minimum Gasteiger partial charge on any atom is -0.378 e. The van der Waals surface area contributed by atoms with Gasteiger partial charge < -0.3 is 15.4 Å². The van der Waals surface area contributed by atoms with Crippen molar-refractivity contribution >= 4 is 29.9 Å². The van der Waals surface area contributed by atoms with Crippen molar-refractivity contribution in [2.75, 3.05) is 13.7 Å². The van der Waals surface area contributed by atoms with Gasteiger partial charge in [0.1, 0.15) is 12.2 Å². The van der Waals surface area contributed by atoms with Crippen molar-refractivity contribution in [3.8, 4) is 0 Å². The van der Waals surface area contributed by atoms with Gasteiger partial charge in [-0.3, -0.25) is 9.67 Å². The van der Waals surface area contributed by atoms with E-state index in [0.717, 1.165) is 24.8 Å². The Kier molecular flexibility index (Phi) is 7.48. The second-order valence-corrected chi connectivity index (χ2v) is 6.90. The van der Waals surface area contributed by atoms with Crippen molar-refractivity contribution in [3.63, 3.8) is 0 Å². The number of nitrogens with zero attached hydrogens (tertiary/aromatic N) is 4. The third kappa shape index (κ3) is 4.27. The number of aromatic nitrogens is 3. The normalized spacial score (nSPS) is 25.2. The van der Waals surface area contributed by atoms with E-state index >= 15 is 0 Å². The molecule has 8 heteroatoms. The fraction of sp³-hybridized carbons (Fsp3) is 0.824. The second kappa shape index (κ2) is 9.16. The summed E-state index contributed by atoms with van der Waals surface area (Å²) in [5.41, 5.74) is 0.288. The van der Waals surface area contributed by atoms with E-state index in [1.807, 2.05) is 14.1 Å². The Morgan fingerprint density at radius 1 is 1.40 bits per heavy atom. The molecule has 2 atom stereocenters. The van der Waals surface area contributed by atoms with Crippen LogP contribution in [0.1, 0.15) is 51.3 Å². The van der Waals surface area contributed by atoms with E-state index in [-0.39, 0.29) is 29.4 Å². The molecule has 3 rings (SSSR count). The van der Waals surface area contributed by atoms with Crippen LogP contribution in [-0.4, -0.2) is 46.5 Å². The Morgan fingerprint density at radius 2 is 2.16 bits per heavy atom.